The van der Waals surface area contributed by atoms with Gasteiger partial charge in [0.2, 0.25) is 0 Å². The summed E-state index contributed by atoms with van der Waals surface area (Å²) < 4.78 is 2.55. The van der Waals surface area contributed by atoms with Crippen molar-refractivity contribution in [3.05, 3.63) is 0 Å². The molecule has 0 bridgehead atoms. The molecule has 0 saturated carbocycles. The third-order valence-corrected chi connectivity index (χ3v) is 8.83. The summed E-state index contributed by atoms with van der Waals surface area (Å²) in [6.45, 7) is 4.59. The van der Waals surface area contributed by atoms with Gasteiger partial charge in [0.25, 0.3) is 0 Å². The first-order valence-corrected chi connectivity index (χ1v) is 9.14. The van der Waals surface area contributed by atoms with Gasteiger partial charge in [-0.05, 0) is 0 Å². The summed E-state index contributed by atoms with van der Waals surface area (Å²) in [4.78, 5) is 0. The van der Waals surface area contributed by atoms with Gasteiger partial charge in [-0.2, -0.15) is 0 Å². The van der Waals surface area contributed by atoms with Gasteiger partial charge in [-0.15, -0.1) is 0 Å². The van der Waals surface area contributed by atoms with Gasteiger partial charge in [-0.25, -0.2) is 0 Å². The molecule has 1 radical (unpaired) electrons. The Hall–Kier alpha value is 0.503. The second kappa shape index (κ2) is 8.12. The molecule has 0 saturated heterocycles. The molecule has 0 unspecified atom stereocenters. The van der Waals surface area contributed by atoms with Crippen LogP contribution in [0.1, 0.15) is 39.5 Å². The Balaban J connectivity index is 3.55. The van der Waals surface area contributed by atoms with Crippen LogP contribution < -0.4 is 0 Å². The van der Waals surface area contributed by atoms with Crippen molar-refractivity contribution >= 4 is 14.6 Å². The monoisotopic (exact) mass is 232 g/mol. The average molecular weight is 231 g/mol. The Morgan fingerprint density at radius 2 is 1.33 bits per heavy atom. The van der Waals surface area contributed by atoms with Crippen molar-refractivity contribution in [2.75, 3.05) is 14.1 Å². The molecule has 73 valence electrons. The molecule has 1 nitrogen and oxygen atoms in total. The molecule has 0 aliphatic rings. The molecule has 0 amide bonds. The topological polar surface area (TPSA) is 3.24 Å². The van der Waals surface area contributed by atoms with E-state index in [1.54, 1.807) is 10.5 Å². The fourth-order valence-electron chi connectivity index (χ4n) is 1.33. The summed E-state index contributed by atoms with van der Waals surface area (Å²) in [5, 5.41) is 3.09. The first-order chi connectivity index (χ1) is 5.72. The van der Waals surface area contributed by atoms with Gasteiger partial charge >= 0.3 is 82.6 Å². The van der Waals surface area contributed by atoms with Gasteiger partial charge in [-0.3, -0.25) is 0 Å². The van der Waals surface area contributed by atoms with Gasteiger partial charge in [0.05, 0.1) is 0 Å². The van der Waals surface area contributed by atoms with Crippen LogP contribution in [0.3, 0.4) is 0 Å². The number of hydrogen-bond acceptors (Lipinski definition) is 1. The van der Waals surface area contributed by atoms with Gasteiger partial charge < -0.3 is 0 Å². The summed E-state index contributed by atoms with van der Waals surface area (Å²) >= 11 is -0.776. The molecular formula is C10H24GeN. The Labute approximate surface area is 82.9 Å². The van der Waals surface area contributed by atoms with Crippen molar-refractivity contribution in [1.29, 1.82) is 0 Å². The summed E-state index contributed by atoms with van der Waals surface area (Å²) in [6.07, 6.45) is 5.65. The van der Waals surface area contributed by atoms with Crippen LogP contribution in [0.5, 0.6) is 0 Å². The van der Waals surface area contributed by atoms with Crippen LogP contribution in [0.2, 0.25) is 10.5 Å². The zero-order chi connectivity index (χ0) is 9.40. The van der Waals surface area contributed by atoms with E-state index in [4.69, 9.17) is 0 Å². The molecule has 0 rings (SSSR count). The Morgan fingerprint density at radius 3 is 1.58 bits per heavy atom. The van der Waals surface area contributed by atoms with E-state index < -0.39 is 14.6 Å². The SMILES string of the molecule is CCC[CH2][Ge]([CH2]CCC)[N](C)C. The Bertz CT molecular complexity index is 85.8. The molecule has 12 heavy (non-hydrogen) atoms. The van der Waals surface area contributed by atoms with E-state index in [-0.39, 0.29) is 0 Å². The molecule has 0 aromatic carbocycles. The molecule has 0 spiro atoms. The maximum atomic E-state index is 2.55. The molecule has 0 aromatic heterocycles. The fourth-order valence-corrected chi connectivity index (χ4v) is 6.93. The predicted octanol–water partition coefficient (Wildman–Crippen LogP) is 3.14. The van der Waals surface area contributed by atoms with Crippen LogP contribution in [0, 0.1) is 0 Å². The summed E-state index contributed by atoms with van der Waals surface area (Å²) in [7, 11) is 4.56. The van der Waals surface area contributed by atoms with Gasteiger partial charge in [0.15, 0.2) is 0 Å². The van der Waals surface area contributed by atoms with E-state index in [9.17, 15) is 0 Å². The second-order valence-corrected chi connectivity index (χ2v) is 10.0. The summed E-state index contributed by atoms with van der Waals surface area (Å²) in [5.41, 5.74) is 0. The van der Waals surface area contributed by atoms with Crippen molar-refractivity contribution in [3.8, 4) is 0 Å². The number of hydrogen-bond donors (Lipinski definition) is 0. The van der Waals surface area contributed by atoms with Crippen molar-refractivity contribution in [2.24, 2.45) is 0 Å². The maximum absolute atomic E-state index is 2.55. The molecule has 0 aromatic rings. The zero-order valence-electron chi connectivity index (χ0n) is 9.19. The first-order valence-electron chi connectivity index (χ1n) is 5.24. The van der Waals surface area contributed by atoms with Crippen LogP contribution in [-0.2, 0) is 0 Å². The van der Waals surface area contributed by atoms with E-state index in [1.807, 2.05) is 0 Å². The van der Waals surface area contributed by atoms with Gasteiger partial charge in [0.1, 0.15) is 0 Å². The van der Waals surface area contributed by atoms with Gasteiger partial charge in [0, 0.05) is 0 Å². The normalized spacial score (nSPS) is 11.5. The van der Waals surface area contributed by atoms with E-state index in [2.05, 4.69) is 31.8 Å². The van der Waals surface area contributed by atoms with E-state index in [1.165, 1.54) is 25.7 Å². The average Bonchev–Trinajstić information content (AvgIpc) is 2.04. The van der Waals surface area contributed by atoms with Crippen molar-refractivity contribution < 1.29 is 0 Å². The van der Waals surface area contributed by atoms with Crippen LogP contribution in [-0.4, -0.2) is 32.5 Å². The standard InChI is InChI=1S/C10H24GeN/c1-5-7-9-11(12(3)4)10-8-6-2/h5-10H2,1-4H3. The third kappa shape index (κ3) is 6.07. The third-order valence-electron chi connectivity index (χ3n) is 2.27. The molecule has 0 aliphatic heterocycles. The first kappa shape index (κ1) is 12.5. The molecule has 0 atom stereocenters. The van der Waals surface area contributed by atoms with Gasteiger partial charge in [-0.1, -0.05) is 0 Å². The van der Waals surface area contributed by atoms with Crippen molar-refractivity contribution in [1.82, 2.24) is 3.86 Å². The summed E-state index contributed by atoms with van der Waals surface area (Å²) in [5.74, 6) is 0. The van der Waals surface area contributed by atoms with Crippen LogP contribution >= 0.6 is 0 Å². The van der Waals surface area contributed by atoms with Crippen LogP contribution in [0.15, 0.2) is 0 Å². The van der Waals surface area contributed by atoms with Crippen molar-refractivity contribution in [2.45, 2.75) is 50.0 Å². The van der Waals surface area contributed by atoms with E-state index >= 15 is 0 Å². The molecule has 0 N–H and O–H groups in total. The molecule has 0 heterocycles. The second-order valence-electron chi connectivity index (χ2n) is 3.67. The Morgan fingerprint density at radius 1 is 0.917 bits per heavy atom. The minimum atomic E-state index is -0.776. The molecule has 0 aliphatic carbocycles. The minimum absolute atomic E-state index is 0.776. The quantitative estimate of drug-likeness (QED) is 0.608. The van der Waals surface area contributed by atoms with E-state index in [0.29, 0.717) is 0 Å². The van der Waals surface area contributed by atoms with Crippen LogP contribution in [0.25, 0.3) is 0 Å². The number of nitrogens with zero attached hydrogens (tertiary/aromatic N) is 1. The summed E-state index contributed by atoms with van der Waals surface area (Å²) in [6, 6.07) is 0. The predicted molar refractivity (Wildman–Crippen MR) is 58.9 cm³/mol. The number of rotatable bonds is 7. The molecular weight excluding hydrogens is 207 g/mol. The number of unbranched alkanes of at least 4 members (excludes halogenated alkanes) is 2. The Kier molecular flexibility index (Phi) is 8.46. The van der Waals surface area contributed by atoms with E-state index in [0.717, 1.165) is 0 Å². The fraction of sp³-hybridized carbons (Fsp3) is 1.00. The molecule has 0 fully saturated rings. The molecule has 2 heteroatoms. The zero-order valence-corrected chi connectivity index (χ0v) is 11.3. The van der Waals surface area contributed by atoms with Crippen molar-refractivity contribution in [3.63, 3.8) is 0 Å². The van der Waals surface area contributed by atoms with Crippen LogP contribution in [0.4, 0.5) is 0 Å².